The maximum Gasteiger partial charge on any atom is 0.336 e. The van der Waals surface area contributed by atoms with Gasteiger partial charge in [-0.2, -0.15) is 0 Å². The molecule has 0 amide bonds. The van der Waals surface area contributed by atoms with E-state index in [2.05, 4.69) is 5.32 Å². The number of carbonyl (C=O) groups is 2. The summed E-state index contributed by atoms with van der Waals surface area (Å²) in [6, 6.07) is 13.1. The molecule has 6 nitrogen and oxygen atoms in total. The topological polar surface area (TPSA) is 73.9 Å². The molecule has 0 bridgehead atoms. The minimum absolute atomic E-state index is 0.00627. The van der Waals surface area contributed by atoms with Gasteiger partial charge in [-0.25, -0.2) is 4.79 Å². The van der Waals surface area contributed by atoms with E-state index in [1.54, 1.807) is 20.3 Å². The van der Waals surface area contributed by atoms with Gasteiger partial charge in [0.2, 0.25) is 0 Å². The molecule has 0 aromatic heterocycles. The Kier molecular flexibility index (Phi) is 7.51. The number of ether oxygens (including phenoxy) is 3. The lowest BCUT2D eigenvalue weighted by Crippen LogP contribution is -2.36. The van der Waals surface area contributed by atoms with Crippen molar-refractivity contribution >= 4 is 23.4 Å². The summed E-state index contributed by atoms with van der Waals surface area (Å²) in [6.07, 6.45) is 1.71. The normalized spacial score (nSPS) is 19.7. The van der Waals surface area contributed by atoms with Gasteiger partial charge < -0.3 is 19.5 Å². The van der Waals surface area contributed by atoms with Crippen LogP contribution >= 0.6 is 11.6 Å². The predicted molar refractivity (Wildman–Crippen MR) is 135 cm³/mol. The molecule has 4 rings (SSSR count). The van der Waals surface area contributed by atoms with Crippen LogP contribution in [-0.2, 0) is 14.3 Å². The van der Waals surface area contributed by atoms with Gasteiger partial charge in [0.15, 0.2) is 17.3 Å². The van der Waals surface area contributed by atoms with Crippen molar-refractivity contribution in [1.82, 2.24) is 5.32 Å². The number of hydrogen-bond donors (Lipinski definition) is 1. The molecule has 0 fully saturated rings. The van der Waals surface area contributed by atoms with Gasteiger partial charge in [-0.15, -0.1) is 0 Å². The average molecular weight is 496 g/mol. The minimum atomic E-state index is -0.561. The van der Waals surface area contributed by atoms with Gasteiger partial charge in [-0.3, -0.25) is 4.79 Å². The highest BCUT2D eigenvalue weighted by atomic mass is 35.5. The first-order chi connectivity index (χ1) is 16.9. The van der Waals surface area contributed by atoms with Crippen molar-refractivity contribution in [2.24, 2.45) is 0 Å². The number of methoxy groups -OCH3 is 2. The van der Waals surface area contributed by atoms with Crippen LogP contribution in [0.1, 0.15) is 56.1 Å². The van der Waals surface area contributed by atoms with E-state index in [-0.39, 0.29) is 11.7 Å². The zero-order valence-corrected chi connectivity index (χ0v) is 21.2. The highest BCUT2D eigenvalue weighted by Gasteiger charge is 2.41. The first-order valence-corrected chi connectivity index (χ1v) is 12.1. The molecule has 0 unspecified atom stereocenters. The summed E-state index contributed by atoms with van der Waals surface area (Å²) < 4.78 is 16.4. The number of benzene rings is 2. The van der Waals surface area contributed by atoms with Crippen molar-refractivity contribution in [3.8, 4) is 11.5 Å². The van der Waals surface area contributed by atoms with Crippen LogP contribution in [-0.4, -0.2) is 32.6 Å². The fourth-order valence-electron chi connectivity index (χ4n) is 4.92. The van der Waals surface area contributed by atoms with Crippen LogP contribution in [0.4, 0.5) is 0 Å². The maximum atomic E-state index is 13.7. The van der Waals surface area contributed by atoms with E-state index in [4.69, 9.17) is 25.8 Å². The van der Waals surface area contributed by atoms with Crippen LogP contribution in [0.5, 0.6) is 11.5 Å². The van der Waals surface area contributed by atoms with E-state index in [0.717, 1.165) is 16.8 Å². The first-order valence-electron chi connectivity index (χ1n) is 11.8. The summed E-state index contributed by atoms with van der Waals surface area (Å²) in [6.45, 7) is 4.12. The molecule has 0 radical (unpaired) electrons. The van der Waals surface area contributed by atoms with E-state index in [1.807, 2.05) is 50.2 Å². The number of carbonyl (C=O) groups excluding carboxylic acids is 2. The molecule has 1 aliphatic heterocycles. The Labute approximate surface area is 210 Å². The molecule has 2 aliphatic rings. The van der Waals surface area contributed by atoms with E-state index in [1.165, 1.54) is 0 Å². The molecular formula is C28H30ClNO5. The number of esters is 1. The number of rotatable bonds is 7. The molecule has 2 atom stereocenters. The van der Waals surface area contributed by atoms with Gasteiger partial charge in [-0.1, -0.05) is 36.7 Å². The van der Waals surface area contributed by atoms with Crippen molar-refractivity contribution in [3.05, 3.63) is 81.2 Å². The van der Waals surface area contributed by atoms with E-state index in [9.17, 15) is 9.59 Å². The maximum absolute atomic E-state index is 13.7. The number of nitrogens with one attached hydrogen (secondary N) is 1. The van der Waals surface area contributed by atoms with E-state index < -0.39 is 11.9 Å². The molecule has 1 N–H and O–H groups in total. The monoisotopic (exact) mass is 495 g/mol. The number of hydrogen-bond acceptors (Lipinski definition) is 6. The van der Waals surface area contributed by atoms with Gasteiger partial charge in [-0.05, 0) is 61.1 Å². The second-order valence-electron chi connectivity index (χ2n) is 8.82. The number of allylic oxidation sites excluding steroid dienone is 3. The summed E-state index contributed by atoms with van der Waals surface area (Å²) in [5.41, 5.74) is 4.42. The second kappa shape index (κ2) is 10.6. The Morgan fingerprint density at radius 2 is 1.71 bits per heavy atom. The fourth-order valence-corrected chi connectivity index (χ4v) is 5.04. The standard InChI is InChI=1S/C28H30ClNO5/c1-5-12-35-28(32)25-16(2)30-21-13-19(17-6-9-20(29)10-7-17)14-22(31)27(21)26(25)18-8-11-23(33-3)24(15-18)34-4/h6-11,15,19,26,30H,5,12-14H2,1-4H3/t19-,26-/m1/s1. The first kappa shape index (κ1) is 24.9. The minimum Gasteiger partial charge on any atom is -0.493 e. The zero-order valence-electron chi connectivity index (χ0n) is 20.4. The molecule has 7 heteroatoms. The molecule has 1 aliphatic carbocycles. The third-order valence-electron chi connectivity index (χ3n) is 6.57. The van der Waals surface area contributed by atoms with Crippen LogP contribution in [0.25, 0.3) is 0 Å². The van der Waals surface area contributed by atoms with Crippen molar-refractivity contribution in [3.63, 3.8) is 0 Å². The van der Waals surface area contributed by atoms with Gasteiger partial charge in [0, 0.05) is 34.3 Å². The van der Waals surface area contributed by atoms with Gasteiger partial charge in [0.1, 0.15) is 0 Å². The fraction of sp³-hybridized carbons (Fsp3) is 0.357. The molecule has 0 spiro atoms. The highest BCUT2D eigenvalue weighted by molar-refractivity contribution is 6.30. The molecule has 0 saturated heterocycles. The number of halogens is 1. The van der Waals surface area contributed by atoms with Crippen LogP contribution in [0, 0.1) is 0 Å². The second-order valence-corrected chi connectivity index (χ2v) is 9.26. The SMILES string of the molecule is CCCOC(=O)C1=C(C)NC2=C(C(=O)C[C@H](c3ccc(Cl)cc3)C2)[C@@H]1c1ccc(OC)c(OC)c1. The Morgan fingerprint density at radius 3 is 2.37 bits per heavy atom. The quantitative estimate of drug-likeness (QED) is 0.499. The average Bonchev–Trinajstić information content (AvgIpc) is 2.86. The van der Waals surface area contributed by atoms with Crippen LogP contribution in [0.3, 0.4) is 0 Å². The smallest absolute Gasteiger partial charge is 0.336 e. The van der Waals surface area contributed by atoms with Gasteiger partial charge >= 0.3 is 5.97 Å². The number of dihydropyridines is 1. The lowest BCUT2D eigenvalue weighted by Gasteiger charge is -2.36. The Bertz CT molecular complexity index is 1200. The number of ketones is 1. The van der Waals surface area contributed by atoms with Crippen LogP contribution in [0.15, 0.2) is 65.0 Å². The van der Waals surface area contributed by atoms with Gasteiger partial charge in [0.25, 0.3) is 0 Å². The molecule has 184 valence electrons. The molecule has 2 aromatic rings. The predicted octanol–water partition coefficient (Wildman–Crippen LogP) is 5.67. The molecule has 1 heterocycles. The summed E-state index contributed by atoms with van der Waals surface area (Å²) in [5.74, 6) is 0.162. The third-order valence-corrected chi connectivity index (χ3v) is 6.82. The highest BCUT2D eigenvalue weighted by Crippen LogP contribution is 2.47. The van der Waals surface area contributed by atoms with Crippen molar-refractivity contribution in [2.45, 2.75) is 44.9 Å². The summed E-state index contributed by atoms with van der Waals surface area (Å²) in [4.78, 5) is 26.9. The molecule has 2 aromatic carbocycles. The summed E-state index contributed by atoms with van der Waals surface area (Å²) >= 11 is 6.07. The lowest BCUT2D eigenvalue weighted by molar-refractivity contribution is -0.139. The van der Waals surface area contributed by atoms with Gasteiger partial charge in [0.05, 0.1) is 26.4 Å². The number of Topliss-reactive ketones (excluding diaryl/α,β-unsaturated/α-hetero) is 1. The van der Waals surface area contributed by atoms with Crippen molar-refractivity contribution in [2.75, 3.05) is 20.8 Å². The lowest BCUT2D eigenvalue weighted by atomic mass is 9.71. The summed E-state index contributed by atoms with van der Waals surface area (Å²) in [7, 11) is 3.14. The van der Waals surface area contributed by atoms with Crippen molar-refractivity contribution in [1.29, 1.82) is 0 Å². The molecule has 0 saturated carbocycles. The van der Waals surface area contributed by atoms with E-state index in [0.29, 0.717) is 59.2 Å². The third kappa shape index (κ3) is 4.94. The summed E-state index contributed by atoms with van der Waals surface area (Å²) in [5, 5.41) is 4.03. The molecular weight excluding hydrogens is 466 g/mol. The zero-order chi connectivity index (χ0) is 25.1. The van der Waals surface area contributed by atoms with Crippen molar-refractivity contribution < 1.29 is 23.8 Å². The van der Waals surface area contributed by atoms with Crippen LogP contribution in [0.2, 0.25) is 5.02 Å². The Morgan fingerprint density at radius 1 is 1.03 bits per heavy atom. The Hall–Kier alpha value is -3.25. The Balaban J connectivity index is 1.80. The largest absolute Gasteiger partial charge is 0.493 e. The molecule has 35 heavy (non-hydrogen) atoms. The van der Waals surface area contributed by atoms with E-state index >= 15 is 0 Å². The van der Waals surface area contributed by atoms with Crippen LogP contribution < -0.4 is 14.8 Å².